The van der Waals surface area contributed by atoms with Crippen LogP contribution in [0.2, 0.25) is 0 Å². The first-order valence-electron chi connectivity index (χ1n) is 9.54. The van der Waals surface area contributed by atoms with E-state index >= 15 is 0 Å². The maximum absolute atomic E-state index is 13.5. The van der Waals surface area contributed by atoms with E-state index in [0.717, 1.165) is 28.1 Å². The SMILES string of the molecule is COc1ccc(C2c3c(-c4ccc(F)cc4)n[nH]c3C(=O)N2c2ccccc2)cc1. The molecule has 6 heteroatoms. The molecule has 5 rings (SSSR count). The van der Waals surface area contributed by atoms with E-state index < -0.39 is 0 Å². The molecule has 1 amide bonds. The Morgan fingerprint density at radius 2 is 1.67 bits per heavy atom. The van der Waals surface area contributed by atoms with Crippen LogP contribution in [0, 0.1) is 5.82 Å². The Morgan fingerprint density at radius 3 is 2.33 bits per heavy atom. The van der Waals surface area contributed by atoms with Crippen LogP contribution in [-0.4, -0.2) is 23.2 Å². The van der Waals surface area contributed by atoms with Gasteiger partial charge in [-0.2, -0.15) is 5.10 Å². The highest BCUT2D eigenvalue weighted by Crippen LogP contribution is 2.45. The topological polar surface area (TPSA) is 58.2 Å². The van der Waals surface area contributed by atoms with E-state index in [1.807, 2.05) is 54.6 Å². The molecule has 3 aromatic carbocycles. The molecule has 5 nitrogen and oxygen atoms in total. The molecule has 0 fully saturated rings. The zero-order valence-corrected chi connectivity index (χ0v) is 16.2. The first kappa shape index (κ1) is 18.1. The van der Waals surface area contributed by atoms with Gasteiger partial charge < -0.3 is 4.74 Å². The average Bonchev–Trinajstić information content (AvgIpc) is 3.34. The third-order valence-electron chi connectivity index (χ3n) is 5.35. The molecule has 0 saturated carbocycles. The summed E-state index contributed by atoms with van der Waals surface area (Å²) in [5, 5.41) is 7.32. The zero-order valence-electron chi connectivity index (χ0n) is 16.2. The molecule has 1 aliphatic heterocycles. The first-order chi connectivity index (χ1) is 14.7. The van der Waals surface area contributed by atoms with E-state index in [2.05, 4.69) is 10.2 Å². The third kappa shape index (κ3) is 2.85. The Balaban J connectivity index is 1.70. The number of para-hydroxylation sites is 1. The molecular weight excluding hydrogens is 381 g/mol. The van der Waals surface area contributed by atoms with Crippen LogP contribution >= 0.6 is 0 Å². The number of halogens is 1. The molecule has 1 unspecified atom stereocenters. The number of H-pyrrole nitrogens is 1. The summed E-state index contributed by atoms with van der Waals surface area (Å²) < 4.78 is 18.7. The van der Waals surface area contributed by atoms with Gasteiger partial charge in [-0.05, 0) is 54.1 Å². The molecule has 1 atom stereocenters. The van der Waals surface area contributed by atoms with Gasteiger partial charge in [0, 0.05) is 16.8 Å². The van der Waals surface area contributed by atoms with Crippen LogP contribution < -0.4 is 9.64 Å². The lowest BCUT2D eigenvalue weighted by atomic mass is 9.95. The van der Waals surface area contributed by atoms with Crippen molar-refractivity contribution >= 4 is 11.6 Å². The lowest BCUT2D eigenvalue weighted by Crippen LogP contribution is -2.29. The number of benzene rings is 3. The Labute approximate surface area is 172 Å². The molecule has 0 aliphatic carbocycles. The molecule has 1 aromatic heterocycles. The summed E-state index contributed by atoms with van der Waals surface area (Å²) in [6.45, 7) is 0. The van der Waals surface area contributed by atoms with Gasteiger partial charge in [0.1, 0.15) is 17.3 Å². The first-order valence-corrected chi connectivity index (χ1v) is 9.54. The summed E-state index contributed by atoms with van der Waals surface area (Å²) in [5.74, 6) is 0.262. The van der Waals surface area contributed by atoms with E-state index in [9.17, 15) is 9.18 Å². The second-order valence-corrected chi connectivity index (χ2v) is 7.05. The van der Waals surface area contributed by atoms with Crippen LogP contribution in [0.15, 0.2) is 78.9 Å². The number of hydrogen-bond acceptors (Lipinski definition) is 3. The number of nitrogens with zero attached hydrogens (tertiary/aromatic N) is 2. The van der Waals surface area contributed by atoms with Crippen molar-refractivity contribution < 1.29 is 13.9 Å². The standard InChI is InChI=1S/C24H18FN3O2/c1-30-19-13-9-16(10-14-19)23-20-21(15-7-11-17(25)12-8-15)26-27-22(20)24(29)28(23)18-5-3-2-4-6-18/h2-14,23H,1H3,(H,26,27). The van der Waals surface area contributed by atoms with Gasteiger partial charge in [0.25, 0.3) is 5.91 Å². The van der Waals surface area contributed by atoms with Crippen LogP contribution in [0.1, 0.15) is 27.7 Å². The summed E-state index contributed by atoms with van der Waals surface area (Å²) in [6.07, 6.45) is 0. The Morgan fingerprint density at radius 1 is 0.967 bits per heavy atom. The number of aromatic nitrogens is 2. The van der Waals surface area contributed by atoms with E-state index in [1.54, 1.807) is 24.1 Å². The highest BCUT2D eigenvalue weighted by Gasteiger charge is 2.43. The van der Waals surface area contributed by atoms with Gasteiger partial charge in [-0.15, -0.1) is 0 Å². The lowest BCUT2D eigenvalue weighted by Gasteiger charge is -2.26. The number of nitrogens with one attached hydrogen (secondary N) is 1. The summed E-state index contributed by atoms with van der Waals surface area (Å²) in [5.41, 5.74) is 4.32. The molecular formula is C24H18FN3O2. The van der Waals surface area contributed by atoms with Crippen LogP contribution in [0.4, 0.5) is 10.1 Å². The minimum absolute atomic E-state index is 0.155. The monoisotopic (exact) mass is 399 g/mol. The molecule has 4 aromatic rings. The van der Waals surface area contributed by atoms with Gasteiger partial charge in [-0.1, -0.05) is 30.3 Å². The van der Waals surface area contributed by atoms with E-state index in [4.69, 9.17) is 4.74 Å². The number of amides is 1. The third-order valence-corrected chi connectivity index (χ3v) is 5.35. The number of aromatic amines is 1. The van der Waals surface area contributed by atoms with Crippen molar-refractivity contribution in [3.8, 4) is 17.0 Å². The van der Waals surface area contributed by atoms with Crippen molar-refractivity contribution in [1.82, 2.24) is 10.2 Å². The average molecular weight is 399 g/mol. The van der Waals surface area contributed by atoms with E-state index in [0.29, 0.717) is 11.4 Å². The van der Waals surface area contributed by atoms with E-state index in [1.165, 1.54) is 12.1 Å². The summed E-state index contributed by atoms with van der Waals surface area (Å²) >= 11 is 0. The molecule has 0 bridgehead atoms. The maximum atomic E-state index is 13.5. The number of rotatable bonds is 4. The van der Waals surface area contributed by atoms with Crippen molar-refractivity contribution in [2.45, 2.75) is 6.04 Å². The highest BCUT2D eigenvalue weighted by atomic mass is 19.1. The van der Waals surface area contributed by atoms with E-state index in [-0.39, 0.29) is 17.8 Å². The molecule has 148 valence electrons. The quantitative estimate of drug-likeness (QED) is 0.527. The molecule has 2 heterocycles. The van der Waals surface area contributed by atoms with Gasteiger partial charge in [0.15, 0.2) is 0 Å². The second-order valence-electron chi connectivity index (χ2n) is 7.05. The van der Waals surface area contributed by atoms with Crippen LogP contribution in [0.5, 0.6) is 5.75 Å². The largest absolute Gasteiger partial charge is 0.497 e. The van der Waals surface area contributed by atoms with Crippen molar-refractivity contribution in [3.05, 3.63) is 102 Å². The molecule has 1 N–H and O–H groups in total. The number of hydrogen-bond donors (Lipinski definition) is 1. The predicted octanol–water partition coefficient (Wildman–Crippen LogP) is 4.97. The Bertz CT molecular complexity index is 1200. The smallest absolute Gasteiger partial charge is 0.277 e. The second kappa shape index (κ2) is 7.15. The fraction of sp³-hybridized carbons (Fsp3) is 0.0833. The van der Waals surface area contributed by atoms with Crippen molar-refractivity contribution in [3.63, 3.8) is 0 Å². The van der Waals surface area contributed by atoms with Crippen molar-refractivity contribution in [1.29, 1.82) is 0 Å². The van der Waals surface area contributed by atoms with Crippen LogP contribution in [0.3, 0.4) is 0 Å². The van der Waals surface area contributed by atoms with Gasteiger partial charge in [-0.3, -0.25) is 14.8 Å². The van der Waals surface area contributed by atoms with Crippen molar-refractivity contribution in [2.24, 2.45) is 0 Å². The molecule has 1 aliphatic rings. The fourth-order valence-corrected chi connectivity index (χ4v) is 3.93. The van der Waals surface area contributed by atoms with Gasteiger partial charge in [0.05, 0.1) is 18.8 Å². The Hall–Kier alpha value is -3.93. The lowest BCUT2D eigenvalue weighted by molar-refractivity contribution is 0.0989. The number of ether oxygens (including phenoxy) is 1. The van der Waals surface area contributed by atoms with Crippen LogP contribution in [0.25, 0.3) is 11.3 Å². The summed E-state index contributed by atoms with van der Waals surface area (Å²) in [6, 6.07) is 22.9. The molecule has 30 heavy (non-hydrogen) atoms. The highest BCUT2D eigenvalue weighted by molar-refractivity contribution is 6.11. The number of methoxy groups -OCH3 is 1. The minimum Gasteiger partial charge on any atom is -0.497 e. The molecule has 0 radical (unpaired) electrons. The van der Waals surface area contributed by atoms with Crippen molar-refractivity contribution in [2.75, 3.05) is 12.0 Å². The number of carbonyl (C=O) groups is 1. The fourth-order valence-electron chi connectivity index (χ4n) is 3.93. The Kier molecular flexibility index (Phi) is 4.32. The zero-order chi connectivity index (χ0) is 20.7. The summed E-state index contributed by atoms with van der Waals surface area (Å²) in [7, 11) is 1.62. The molecule has 0 spiro atoms. The van der Waals surface area contributed by atoms with Gasteiger partial charge in [0.2, 0.25) is 0 Å². The number of fused-ring (bicyclic) bond motifs is 1. The summed E-state index contributed by atoms with van der Waals surface area (Å²) in [4.78, 5) is 15.1. The molecule has 0 saturated heterocycles. The van der Waals surface area contributed by atoms with Gasteiger partial charge >= 0.3 is 0 Å². The van der Waals surface area contributed by atoms with Crippen LogP contribution in [-0.2, 0) is 0 Å². The maximum Gasteiger partial charge on any atom is 0.277 e. The number of carbonyl (C=O) groups excluding carboxylic acids is 1. The minimum atomic E-state index is -0.375. The predicted molar refractivity (Wildman–Crippen MR) is 112 cm³/mol. The van der Waals surface area contributed by atoms with Gasteiger partial charge in [-0.25, -0.2) is 4.39 Å². The normalized spacial score (nSPS) is 15.3. The number of anilines is 1.